The zero-order valence-electron chi connectivity index (χ0n) is 11.9. The van der Waals surface area contributed by atoms with Gasteiger partial charge in [-0.1, -0.05) is 0 Å². The van der Waals surface area contributed by atoms with Crippen molar-refractivity contribution < 1.29 is 9.53 Å². The van der Waals surface area contributed by atoms with Gasteiger partial charge in [0.05, 0.1) is 17.8 Å². The maximum absolute atomic E-state index is 12.2. The lowest BCUT2D eigenvalue weighted by Crippen LogP contribution is -2.52. The smallest absolute Gasteiger partial charge is 0.251 e. The van der Waals surface area contributed by atoms with Gasteiger partial charge in [0.15, 0.2) is 0 Å². The second-order valence-corrected chi connectivity index (χ2v) is 6.54. The summed E-state index contributed by atoms with van der Waals surface area (Å²) in [4.78, 5) is 17.9. The maximum Gasteiger partial charge on any atom is 0.251 e. The highest BCUT2D eigenvalue weighted by atomic mass is 32.1. The number of carbonyl (C=O) groups excluding carboxylic acids is 1. The molecule has 2 N–H and O–H groups in total. The van der Waals surface area contributed by atoms with Crippen LogP contribution < -0.4 is 10.6 Å². The molecule has 2 heterocycles. The number of hydrogen-bond acceptors (Lipinski definition) is 5. The van der Waals surface area contributed by atoms with E-state index in [1.54, 1.807) is 11.3 Å². The second-order valence-electron chi connectivity index (χ2n) is 5.34. The summed E-state index contributed by atoms with van der Waals surface area (Å²) in [5.41, 5.74) is 0.555. The van der Waals surface area contributed by atoms with Gasteiger partial charge in [-0.2, -0.15) is 0 Å². The molecule has 0 radical (unpaired) electrons. The van der Waals surface area contributed by atoms with Crippen molar-refractivity contribution in [2.24, 2.45) is 0 Å². The van der Waals surface area contributed by atoms with Gasteiger partial charge in [-0.15, -0.1) is 11.3 Å². The van der Waals surface area contributed by atoms with E-state index in [2.05, 4.69) is 15.6 Å². The molecule has 2 rings (SSSR count). The summed E-state index contributed by atoms with van der Waals surface area (Å²) >= 11 is 1.63. The minimum absolute atomic E-state index is 0.0808. The van der Waals surface area contributed by atoms with Crippen LogP contribution in [0.15, 0.2) is 0 Å². The van der Waals surface area contributed by atoms with Crippen LogP contribution >= 0.6 is 11.3 Å². The van der Waals surface area contributed by atoms with Gasteiger partial charge in [-0.05, 0) is 27.7 Å². The topological polar surface area (TPSA) is 63.2 Å². The van der Waals surface area contributed by atoms with Crippen LogP contribution in [-0.2, 0) is 15.1 Å². The first kappa shape index (κ1) is 14.4. The largest absolute Gasteiger partial charge is 0.366 e. The number of hydrogen-bond donors (Lipinski definition) is 2. The molecule has 106 valence electrons. The molecule has 1 amide bonds. The van der Waals surface area contributed by atoms with Crippen molar-refractivity contribution in [3.05, 3.63) is 15.6 Å². The molecule has 1 fully saturated rings. The van der Waals surface area contributed by atoms with Gasteiger partial charge in [-0.3, -0.25) is 4.79 Å². The molecule has 1 atom stereocenters. The molecule has 1 unspecified atom stereocenters. The number of carbonyl (C=O) groups is 1. The Bertz CT molecular complexity index is 445. The van der Waals surface area contributed by atoms with E-state index < -0.39 is 11.6 Å². The number of ether oxygens (including phenoxy) is 1. The fourth-order valence-corrected chi connectivity index (χ4v) is 2.89. The Morgan fingerprint density at radius 3 is 2.79 bits per heavy atom. The molecule has 5 nitrogen and oxygen atoms in total. The van der Waals surface area contributed by atoms with Crippen LogP contribution in [0.5, 0.6) is 0 Å². The van der Waals surface area contributed by atoms with Crippen molar-refractivity contribution in [3.63, 3.8) is 0 Å². The minimum Gasteiger partial charge on any atom is -0.366 e. The summed E-state index contributed by atoms with van der Waals surface area (Å²) < 4.78 is 5.46. The first-order valence-electron chi connectivity index (χ1n) is 6.49. The molecule has 1 aliphatic heterocycles. The van der Waals surface area contributed by atoms with Crippen molar-refractivity contribution in [1.82, 2.24) is 15.6 Å². The predicted molar refractivity (Wildman–Crippen MR) is 75.4 cm³/mol. The molecule has 0 bridgehead atoms. The molecule has 19 heavy (non-hydrogen) atoms. The van der Waals surface area contributed by atoms with Gasteiger partial charge in [0, 0.05) is 18.0 Å². The fraction of sp³-hybridized carbons (Fsp3) is 0.692. The SMILES string of the molecule is Cc1nc(C(C)(C)NC(=O)C2CNCCO2)sc1C. The Kier molecular flexibility index (Phi) is 4.23. The minimum atomic E-state index is -0.471. The van der Waals surface area contributed by atoms with Crippen LogP contribution in [0.25, 0.3) is 0 Å². The highest BCUT2D eigenvalue weighted by molar-refractivity contribution is 7.11. The zero-order valence-corrected chi connectivity index (χ0v) is 12.7. The number of aryl methyl sites for hydroxylation is 2. The van der Waals surface area contributed by atoms with Gasteiger partial charge < -0.3 is 15.4 Å². The number of amides is 1. The summed E-state index contributed by atoms with van der Waals surface area (Å²) in [6.07, 6.45) is -0.407. The van der Waals surface area contributed by atoms with E-state index >= 15 is 0 Å². The number of thiazole rings is 1. The number of rotatable bonds is 3. The van der Waals surface area contributed by atoms with Gasteiger partial charge in [-0.25, -0.2) is 4.98 Å². The third-order valence-electron chi connectivity index (χ3n) is 3.22. The Morgan fingerprint density at radius 1 is 1.53 bits per heavy atom. The lowest BCUT2D eigenvalue weighted by molar-refractivity contribution is -0.136. The standard InChI is InChI=1S/C13H21N3O2S/c1-8-9(2)19-12(15-8)13(3,4)16-11(17)10-7-14-5-6-18-10/h10,14H,5-7H2,1-4H3,(H,16,17). The van der Waals surface area contributed by atoms with E-state index in [1.807, 2.05) is 27.7 Å². The number of nitrogens with zero attached hydrogens (tertiary/aromatic N) is 1. The predicted octanol–water partition coefficient (Wildman–Crippen LogP) is 1.10. The number of morpholine rings is 1. The van der Waals surface area contributed by atoms with Crippen LogP contribution in [0.1, 0.15) is 29.4 Å². The first-order valence-corrected chi connectivity index (χ1v) is 7.30. The molecular weight excluding hydrogens is 262 g/mol. The zero-order chi connectivity index (χ0) is 14.0. The van der Waals surface area contributed by atoms with E-state index in [1.165, 1.54) is 4.88 Å². The fourth-order valence-electron chi connectivity index (χ4n) is 1.92. The van der Waals surface area contributed by atoms with E-state index in [-0.39, 0.29) is 5.91 Å². The van der Waals surface area contributed by atoms with Crippen molar-refractivity contribution in [2.75, 3.05) is 19.7 Å². The lowest BCUT2D eigenvalue weighted by atomic mass is 10.1. The molecule has 0 aliphatic carbocycles. The van der Waals surface area contributed by atoms with Crippen molar-refractivity contribution >= 4 is 17.2 Å². The molecular formula is C13H21N3O2S. The van der Waals surface area contributed by atoms with Crippen molar-refractivity contribution in [1.29, 1.82) is 0 Å². The Hall–Kier alpha value is -0.980. The van der Waals surface area contributed by atoms with Gasteiger partial charge in [0.2, 0.25) is 0 Å². The molecule has 1 aromatic rings. The number of aromatic nitrogens is 1. The molecule has 1 aromatic heterocycles. The first-order chi connectivity index (χ1) is 8.90. The van der Waals surface area contributed by atoms with Crippen LogP contribution in [0.2, 0.25) is 0 Å². The van der Waals surface area contributed by atoms with Crippen LogP contribution in [0.3, 0.4) is 0 Å². The van der Waals surface area contributed by atoms with Crippen LogP contribution in [-0.4, -0.2) is 36.7 Å². The van der Waals surface area contributed by atoms with E-state index in [4.69, 9.17) is 4.74 Å². The molecule has 1 saturated heterocycles. The van der Waals surface area contributed by atoms with Crippen LogP contribution in [0, 0.1) is 13.8 Å². The van der Waals surface area contributed by atoms with Gasteiger partial charge in [0.1, 0.15) is 11.1 Å². The molecule has 1 aliphatic rings. The molecule has 0 aromatic carbocycles. The third kappa shape index (κ3) is 3.32. The summed E-state index contributed by atoms with van der Waals surface area (Å²) in [5.74, 6) is -0.0808. The van der Waals surface area contributed by atoms with E-state index in [0.717, 1.165) is 17.2 Å². The lowest BCUT2D eigenvalue weighted by Gasteiger charge is -2.29. The normalized spacial score (nSPS) is 20.3. The second kappa shape index (κ2) is 5.56. The van der Waals surface area contributed by atoms with E-state index in [0.29, 0.717) is 13.2 Å². The average Bonchev–Trinajstić information content (AvgIpc) is 2.71. The molecule has 0 spiro atoms. The Morgan fingerprint density at radius 2 is 2.26 bits per heavy atom. The Labute approximate surface area is 117 Å². The average molecular weight is 283 g/mol. The maximum atomic E-state index is 12.2. The summed E-state index contributed by atoms with van der Waals surface area (Å²) in [7, 11) is 0. The van der Waals surface area contributed by atoms with Gasteiger partial charge >= 0.3 is 0 Å². The highest BCUT2D eigenvalue weighted by Crippen LogP contribution is 2.27. The Balaban J connectivity index is 2.05. The quantitative estimate of drug-likeness (QED) is 0.872. The third-order valence-corrected chi connectivity index (χ3v) is 4.62. The monoisotopic (exact) mass is 283 g/mol. The van der Waals surface area contributed by atoms with Gasteiger partial charge in [0.25, 0.3) is 5.91 Å². The molecule has 0 saturated carbocycles. The number of nitrogens with one attached hydrogen (secondary N) is 2. The van der Waals surface area contributed by atoms with Crippen LogP contribution in [0.4, 0.5) is 0 Å². The van der Waals surface area contributed by atoms with Crippen molar-refractivity contribution in [3.8, 4) is 0 Å². The highest BCUT2D eigenvalue weighted by Gasteiger charge is 2.31. The molecule has 6 heteroatoms. The summed E-state index contributed by atoms with van der Waals surface area (Å²) in [6, 6.07) is 0. The summed E-state index contributed by atoms with van der Waals surface area (Å²) in [6.45, 7) is 9.92. The van der Waals surface area contributed by atoms with E-state index in [9.17, 15) is 4.79 Å². The summed E-state index contributed by atoms with van der Waals surface area (Å²) in [5, 5.41) is 7.11. The van der Waals surface area contributed by atoms with Crippen molar-refractivity contribution in [2.45, 2.75) is 39.3 Å².